The van der Waals surface area contributed by atoms with Crippen molar-refractivity contribution in [1.29, 1.82) is 0 Å². The summed E-state index contributed by atoms with van der Waals surface area (Å²) >= 11 is 0. The van der Waals surface area contributed by atoms with Gasteiger partial charge in [0.15, 0.2) is 0 Å². The van der Waals surface area contributed by atoms with E-state index in [4.69, 9.17) is 5.73 Å². The highest BCUT2D eigenvalue weighted by Gasteiger charge is 2.00. The quantitative estimate of drug-likeness (QED) is 0.810. The molecule has 0 bridgehead atoms. The van der Waals surface area contributed by atoms with Gasteiger partial charge in [-0.3, -0.25) is 4.57 Å². The second-order valence-corrected chi connectivity index (χ2v) is 3.45. The average molecular weight is 202 g/mol. The van der Waals surface area contributed by atoms with Crippen LogP contribution in [-0.2, 0) is 6.42 Å². The van der Waals surface area contributed by atoms with Crippen LogP contribution < -0.4 is 5.73 Å². The van der Waals surface area contributed by atoms with Gasteiger partial charge in [-0.05, 0) is 37.6 Å². The molecule has 1 heterocycles. The van der Waals surface area contributed by atoms with E-state index >= 15 is 0 Å². The predicted octanol–water partition coefficient (Wildman–Crippen LogP) is 1.08. The Bertz CT molecular complexity index is 430. The van der Waals surface area contributed by atoms with Crippen LogP contribution in [0, 0.1) is 6.92 Å². The molecular weight excluding hydrogens is 188 g/mol. The molecule has 0 amide bonds. The van der Waals surface area contributed by atoms with Crippen LogP contribution in [0.1, 0.15) is 11.4 Å². The molecule has 4 nitrogen and oxygen atoms in total. The maximum Gasteiger partial charge on any atom is 0.134 e. The Morgan fingerprint density at radius 2 is 2.00 bits per heavy atom. The minimum absolute atomic E-state index is 0.686. The van der Waals surface area contributed by atoms with E-state index in [9.17, 15) is 0 Å². The van der Waals surface area contributed by atoms with Gasteiger partial charge in [0.1, 0.15) is 12.2 Å². The third-order valence-electron chi connectivity index (χ3n) is 2.37. The number of aryl methyl sites for hydroxylation is 1. The zero-order chi connectivity index (χ0) is 10.7. The fourth-order valence-corrected chi connectivity index (χ4v) is 1.54. The molecule has 0 aliphatic heterocycles. The summed E-state index contributed by atoms with van der Waals surface area (Å²) in [6.45, 7) is 2.62. The van der Waals surface area contributed by atoms with Gasteiger partial charge in [-0.25, -0.2) is 0 Å². The number of rotatable bonds is 3. The molecule has 78 valence electrons. The van der Waals surface area contributed by atoms with Crippen molar-refractivity contribution < 1.29 is 0 Å². The lowest BCUT2D eigenvalue weighted by molar-refractivity contribution is 0.951. The predicted molar refractivity (Wildman–Crippen MR) is 58.9 cm³/mol. The molecule has 1 aromatic heterocycles. The minimum atomic E-state index is 0.686. The maximum atomic E-state index is 5.49. The van der Waals surface area contributed by atoms with Crippen molar-refractivity contribution in [3.05, 3.63) is 42.0 Å². The topological polar surface area (TPSA) is 56.7 Å². The number of benzene rings is 1. The third kappa shape index (κ3) is 2.05. The summed E-state index contributed by atoms with van der Waals surface area (Å²) in [7, 11) is 0. The molecule has 0 unspecified atom stereocenters. The highest BCUT2D eigenvalue weighted by atomic mass is 15.3. The summed E-state index contributed by atoms with van der Waals surface area (Å²) in [6, 6.07) is 8.28. The van der Waals surface area contributed by atoms with Gasteiger partial charge in [-0.15, -0.1) is 10.2 Å². The first-order valence-corrected chi connectivity index (χ1v) is 4.97. The van der Waals surface area contributed by atoms with Crippen LogP contribution in [0.3, 0.4) is 0 Å². The lowest BCUT2D eigenvalue weighted by Gasteiger charge is -2.04. The molecule has 2 aromatic rings. The molecule has 0 saturated heterocycles. The molecule has 2 N–H and O–H groups in total. The van der Waals surface area contributed by atoms with Crippen molar-refractivity contribution in [3.8, 4) is 5.69 Å². The number of nitrogens with two attached hydrogens (primary N) is 1. The molecule has 1 aromatic carbocycles. The Morgan fingerprint density at radius 1 is 1.27 bits per heavy atom. The molecule has 0 aliphatic carbocycles. The zero-order valence-electron chi connectivity index (χ0n) is 8.72. The molecule has 0 spiro atoms. The molecule has 0 atom stereocenters. The molecule has 15 heavy (non-hydrogen) atoms. The SMILES string of the molecule is Cc1nncn1-c1ccc(CCN)cc1. The fraction of sp³-hybridized carbons (Fsp3) is 0.273. The summed E-state index contributed by atoms with van der Waals surface area (Å²) in [5.74, 6) is 0.890. The molecule has 4 heteroatoms. The average Bonchev–Trinajstić information content (AvgIpc) is 2.66. The lowest BCUT2D eigenvalue weighted by Crippen LogP contribution is -2.03. The van der Waals surface area contributed by atoms with E-state index in [1.54, 1.807) is 6.33 Å². The smallest absolute Gasteiger partial charge is 0.134 e. The van der Waals surface area contributed by atoms with Gasteiger partial charge in [0.25, 0.3) is 0 Å². The van der Waals surface area contributed by atoms with Crippen LogP contribution >= 0.6 is 0 Å². The number of nitrogens with zero attached hydrogens (tertiary/aromatic N) is 3. The molecule has 0 saturated carbocycles. The first-order valence-electron chi connectivity index (χ1n) is 4.97. The van der Waals surface area contributed by atoms with Crippen molar-refractivity contribution in [3.63, 3.8) is 0 Å². The third-order valence-corrected chi connectivity index (χ3v) is 2.37. The van der Waals surface area contributed by atoms with Crippen LogP contribution in [0.4, 0.5) is 0 Å². The van der Waals surface area contributed by atoms with Gasteiger partial charge in [-0.2, -0.15) is 0 Å². The van der Waals surface area contributed by atoms with Crippen LogP contribution in [0.15, 0.2) is 30.6 Å². The first-order chi connectivity index (χ1) is 7.31. The second-order valence-electron chi connectivity index (χ2n) is 3.45. The van der Waals surface area contributed by atoms with E-state index in [0.29, 0.717) is 6.54 Å². The van der Waals surface area contributed by atoms with E-state index in [-0.39, 0.29) is 0 Å². The van der Waals surface area contributed by atoms with Crippen molar-refractivity contribution in [2.45, 2.75) is 13.3 Å². The Balaban J connectivity index is 2.28. The lowest BCUT2D eigenvalue weighted by atomic mass is 10.1. The Kier molecular flexibility index (Phi) is 2.78. The van der Waals surface area contributed by atoms with E-state index in [0.717, 1.165) is 17.9 Å². The Hall–Kier alpha value is -1.68. The van der Waals surface area contributed by atoms with Crippen LogP contribution in [0.5, 0.6) is 0 Å². The molecule has 2 rings (SSSR count). The van der Waals surface area contributed by atoms with Crippen LogP contribution in [0.2, 0.25) is 0 Å². The van der Waals surface area contributed by atoms with E-state index < -0.39 is 0 Å². The Labute approximate surface area is 88.8 Å². The largest absolute Gasteiger partial charge is 0.330 e. The van der Waals surface area contributed by atoms with Crippen molar-refractivity contribution in [1.82, 2.24) is 14.8 Å². The molecular formula is C11H14N4. The first kappa shape index (κ1) is 9.86. The van der Waals surface area contributed by atoms with Gasteiger partial charge in [0.05, 0.1) is 0 Å². The van der Waals surface area contributed by atoms with Crippen LogP contribution in [-0.4, -0.2) is 21.3 Å². The molecule has 0 aliphatic rings. The zero-order valence-corrected chi connectivity index (χ0v) is 8.72. The summed E-state index contributed by atoms with van der Waals surface area (Å²) < 4.78 is 1.95. The maximum absolute atomic E-state index is 5.49. The van der Waals surface area contributed by atoms with Gasteiger partial charge in [-0.1, -0.05) is 12.1 Å². The number of hydrogen-bond donors (Lipinski definition) is 1. The van der Waals surface area contributed by atoms with Crippen molar-refractivity contribution in [2.75, 3.05) is 6.54 Å². The highest BCUT2D eigenvalue weighted by Crippen LogP contribution is 2.10. The van der Waals surface area contributed by atoms with Crippen molar-refractivity contribution in [2.24, 2.45) is 5.73 Å². The van der Waals surface area contributed by atoms with Gasteiger partial charge < -0.3 is 5.73 Å². The van der Waals surface area contributed by atoms with E-state index in [1.165, 1.54) is 5.56 Å². The van der Waals surface area contributed by atoms with E-state index in [2.05, 4.69) is 34.5 Å². The van der Waals surface area contributed by atoms with Gasteiger partial charge >= 0.3 is 0 Å². The monoisotopic (exact) mass is 202 g/mol. The number of hydrogen-bond acceptors (Lipinski definition) is 3. The summed E-state index contributed by atoms with van der Waals surface area (Å²) in [4.78, 5) is 0. The summed E-state index contributed by atoms with van der Waals surface area (Å²) in [5.41, 5.74) is 7.83. The van der Waals surface area contributed by atoms with Gasteiger partial charge in [0, 0.05) is 5.69 Å². The standard InChI is InChI=1S/C11H14N4/c1-9-14-13-8-15(9)11-4-2-10(3-5-11)6-7-12/h2-5,8H,6-7,12H2,1H3. The second kappa shape index (κ2) is 4.23. The summed E-state index contributed by atoms with van der Waals surface area (Å²) in [6.07, 6.45) is 2.63. The normalized spacial score (nSPS) is 10.5. The summed E-state index contributed by atoms with van der Waals surface area (Å²) in [5, 5.41) is 7.79. The van der Waals surface area contributed by atoms with Crippen molar-refractivity contribution >= 4 is 0 Å². The van der Waals surface area contributed by atoms with Gasteiger partial charge in [0.2, 0.25) is 0 Å². The number of aromatic nitrogens is 3. The highest BCUT2D eigenvalue weighted by molar-refractivity contribution is 5.35. The fourth-order valence-electron chi connectivity index (χ4n) is 1.54. The van der Waals surface area contributed by atoms with E-state index in [1.807, 2.05) is 11.5 Å². The minimum Gasteiger partial charge on any atom is -0.330 e. The Morgan fingerprint density at radius 3 is 2.53 bits per heavy atom. The molecule has 0 fully saturated rings. The molecule has 0 radical (unpaired) electrons. The van der Waals surface area contributed by atoms with Crippen LogP contribution in [0.25, 0.3) is 5.69 Å².